The summed E-state index contributed by atoms with van der Waals surface area (Å²) in [6, 6.07) is 1.49. The quantitative estimate of drug-likeness (QED) is 0.713. The van der Waals surface area contributed by atoms with Crippen LogP contribution in [-0.2, 0) is 6.54 Å². The average molecular weight is 181 g/mol. The Morgan fingerprint density at radius 3 is 2.77 bits per heavy atom. The fraction of sp³-hybridized carbons (Fsp3) is 0.444. The van der Waals surface area contributed by atoms with Gasteiger partial charge in [0.05, 0.1) is 5.69 Å². The van der Waals surface area contributed by atoms with Gasteiger partial charge in [0, 0.05) is 31.5 Å². The Balaban J connectivity index is 2.69. The third-order valence-electron chi connectivity index (χ3n) is 1.81. The van der Waals surface area contributed by atoms with E-state index < -0.39 is 0 Å². The van der Waals surface area contributed by atoms with Gasteiger partial charge >= 0.3 is 0 Å². The van der Waals surface area contributed by atoms with Crippen molar-refractivity contribution >= 4 is 5.69 Å². The van der Waals surface area contributed by atoms with E-state index in [2.05, 4.69) is 4.90 Å². The van der Waals surface area contributed by atoms with Crippen LogP contribution in [0.25, 0.3) is 0 Å². The van der Waals surface area contributed by atoms with Gasteiger partial charge in [-0.1, -0.05) is 0 Å². The topological polar surface area (TPSA) is 51.3 Å². The summed E-state index contributed by atoms with van der Waals surface area (Å²) >= 11 is 0. The molecule has 72 valence electrons. The molecule has 4 nitrogen and oxygen atoms in total. The number of nitrogens with zero attached hydrogens (tertiary/aromatic N) is 2. The van der Waals surface area contributed by atoms with Gasteiger partial charge in [-0.3, -0.25) is 4.79 Å². The number of pyridine rings is 1. The Hall–Kier alpha value is -1.29. The maximum absolute atomic E-state index is 11.0. The first-order valence-electron chi connectivity index (χ1n) is 4.20. The zero-order valence-electron chi connectivity index (χ0n) is 8.03. The van der Waals surface area contributed by atoms with E-state index in [1.807, 2.05) is 18.7 Å². The van der Waals surface area contributed by atoms with Crippen LogP contribution in [0.5, 0.6) is 0 Å². The largest absolute Gasteiger partial charge is 0.394 e. The number of nitrogen functional groups attached to an aromatic ring is 1. The Kier molecular flexibility index (Phi) is 3.08. The Morgan fingerprint density at radius 2 is 2.23 bits per heavy atom. The molecule has 1 rings (SSSR count). The van der Waals surface area contributed by atoms with Crippen LogP contribution in [0.4, 0.5) is 5.69 Å². The lowest BCUT2D eigenvalue weighted by molar-refractivity contribution is 0.383. The normalized spacial score (nSPS) is 10.7. The molecule has 1 heterocycles. The fourth-order valence-electron chi connectivity index (χ4n) is 1.000. The Morgan fingerprint density at radius 1 is 1.54 bits per heavy atom. The number of hydrogen-bond acceptors (Lipinski definition) is 3. The van der Waals surface area contributed by atoms with E-state index in [-0.39, 0.29) is 5.43 Å². The van der Waals surface area contributed by atoms with Crippen LogP contribution < -0.4 is 11.2 Å². The fourth-order valence-corrected chi connectivity index (χ4v) is 1.000. The number of aromatic nitrogens is 1. The van der Waals surface area contributed by atoms with Crippen molar-refractivity contribution in [3.8, 4) is 0 Å². The lowest BCUT2D eigenvalue weighted by Crippen LogP contribution is -2.19. The van der Waals surface area contributed by atoms with Gasteiger partial charge < -0.3 is 15.2 Å². The van der Waals surface area contributed by atoms with E-state index in [1.54, 1.807) is 12.4 Å². The lowest BCUT2D eigenvalue weighted by Gasteiger charge is -2.11. The molecule has 2 N–H and O–H groups in total. The van der Waals surface area contributed by atoms with Crippen molar-refractivity contribution in [1.82, 2.24) is 9.47 Å². The molecule has 0 bridgehead atoms. The molecular formula is C9H15N3O. The van der Waals surface area contributed by atoms with Crippen molar-refractivity contribution in [2.24, 2.45) is 0 Å². The van der Waals surface area contributed by atoms with E-state index in [9.17, 15) is 4.79 Å². The minimum absolute atomic E-state index is 0.110. The van der Waals surface area contributed by atoms with Crippen molar-refractivity contribution < 1.29 is 0 Å². The molecule has 13 heavy (non-hydrogen) atoms. The highest BCUT2D eigenvalue weighted by Gasteiger charge is 1.95. The Bertz CT molecular complexity index is 330. The minimum atomic E-state index is -0.110. The van der Waals surface area contributed by atoms with Crippen LogP contribution >= 0.6 is 0 Å². The van der Waals surface area contributed by atoms with Gasteiger partial charge in [0.1, 0.15) is 0 Å². The average Bonchev–Trinajstić information content (AvgIpc) is 2.07. The standard InChI is InChI=1S/C9H15N3O/c1-11(2)5-6-12-4-3-9(13)8(10)7-12/h3-4,7H,5-6,10H2,1-2H3. The molecule has 0 saturated carbocycles. The molecular weight excluding hydrogens is 166 g/mol. The van der Waals surface area contributed by atoms with Crippen molar-refractivity contribution in [3.63, 3.8) is 0 Å². The summed E-state index contributed by atoms with van der Waals surface area (Å²) in [5.74, 6) is 0. The third kappa shape index (κ3) is 2.91. The molecule has 0 aliphatic rings. The molecule has 0 saturated heterocycles. The summed E-state index contributed by atoms with van der Waals surface area (Å²) in [6.07, 6.45) is 3.42. The van der Waals surface area contributed by atoms with Crippen LogP contribution in [0, 0.1) is 0 Å². The summed E-state index contributed by atoms with van der Waals surface area (Å²) in [5, 5.41) is 0. The highest BCUT2D eigenvalue weighted by Crippen LogP contribution is 1.93. The highest BCUT2D eigenvalue weighted by molar-refractivity contribution is 5.33. The van der Waals surface area contributed by atoms with Crippen molar-refractivity contribution in [2.75, 3.05) is 26.4 Å². The van der Waals surface area contributed by atoms with E-state index in [1.165, 1.54) is 6.07 Å². The first kappa shape index (κ1) is 9.80. The molecule has 4 heteroatoms. The van der Waals surface area contributed by atoms with Crippen molar-refractivity contribution in [1.29, 1.82) is 0 Å². The van der Waals surface area contributed by atoms with Crippen LogP contribution in [0.3, 0.4) is 0 Å². The predicted octanol–water partition coefficient (Wildman–Crippen LogP) is -0.00790. The second-order valence-electron chi connectivity index (χ2n) is 3.31. The summed E-state index contributed by atoms with van der Waals surface area (Å²) in [7, 11) is 4.01. The maximum atomic E-state index is 11.0. The molecule has 0 aromatic carbocycles. The Labute approximate surface area is 77.6 Å². The molecule has 0 spiro atoms. The van der Waals surface area contributed by atoms with Gasteiger partial charge in [0.15, 0.2) is 0 Å². The predicted molar refractivity (Wildman–Crippen MR) is 53.7 cm³/mol. The smallest absolute Gasteiger partial charge is 0.204 e. The molecule has 1 aromatic rings. The molecule has 1 aromatic heterocycles. The summed E-state index contributed by atoms with van der Waals surface area (Å²) in [4.78, 5) is 13.0. The van der Waals surface area contributed by atoms with Gasteiger partial charge in [-0.05, 0) is 14.1 Å². The second kappa shape index (κ2) is 4.09. The summed E-state index contributed by atoms with van der Waals surface area (Å²) < 4.78 is 1.91. The van der Waals surface area contributed by atoms with Gasteiger partial charge in [-0.2, -0.15) is 0 Å². The van der Waals surface area contributed by atoms with E-state index in [0.29, 0.717) is 5.69 Å². The molecule has 0 unspecified atom stereocenters. The summed E-state index contributed by atoms with van der Waals surface area (Å²) in [6.45, 7) is 1.78. The maximum Gasteiger partial charge on any atom is 0.204 e. The molecule has 0 fully saturated rings. The number of likely N-dealkylation sites (N-methyl/N-ethyl adjacent to an activating group) is 1. The first-order chi connectivity index (χ1) is 6.09. The van der Waals surface area contributed by atoms with Crippen LogP contribution in [0.1, 0.15) is 0 Å². The van der Waals surface area contributed by atoms with Gasteiger partial charge in [-0.25, -0.2) is 0 Å². The SMILES string of the molecule is CN(C)CCn1ccc(=O)c(N)c1. The van der Waals surface area contributed by atoms with Crippen molar-refractivity contribution in [2.45, 2.75) is 6.54 Å². The molecule has 0 amide bonds. The lowest BCUT2D eigenvalue weighted by atomic mass is 10.4. The number of rotatable bonds is 3. The van der Waals surface area contributed by atoms with E-state index >= 15 is 0 Å². The van der Waals surface area contributed by atoms with Crippen LogP contribution in [0.15, 0.2) is 23.3 Å². The third-order valence-corrected chi connectivity index (χ3v) is 1.81. The second-order valence-corrected chi connectivity index (χ2v) is 3.31. The molecule has 0 aliphatic heterocycles. The number of nitrogens with two attached hydrogens (primary N) is 1. The summed E-state index contributed by atoms with van der Waals surface area (Å²) in [5.41, 5.74) is 5.68. The van der Waals surface area contributed by atoms with E-state index in [0.717, 1.165) is 13.1 Å². The van der Waals surface area contributed by atoms with Gasteiger partial charge in [0.25, 0.3) is 0 Å². The monoisotopic (exact) mass is 181 g/mol. The van der Waals surface area contributed by atoms with Crippen molar-refractivity contribution in [3.05, 3.63) is 28.7 Å². The van der Waals surface area contributed by atoms with Gasteiger partial charge in [0.2, 0.25) is 5.43 Å². The van der Waals surface area contributed by atoms with Crippen LogP contribution in [-0.4, -0.2) is 30.1 Å². The minimum Gasteiger partial charge on any atom is -0.394 e. The van der Waals surface area contributed by atoms with Crippen LogP contribution in [0.2, 0.25) is 0 Å². The molecule has 0 aliphatic carbocycles. The number of anilines is 1. The molecule has 0 atom stereocenters. The van der Waals surface area contributed by atoms with E-state index in [4.69, 9.17) is 5.73 Å². The highest BCUT2D eigenvalue weighted by atomic mass is 16.1. The molecule has 0 radical (unpaired) electrons. The zero-order chi connectivity index (χ0) is 9.84. The zero-order valence-corrected chi connectivity index (χ0v) is 8.03. The van der Waals surface area contributed by atoms with Gasteiger partial charge in [-0.15, -0.1) is 0 Å². The number of hydrogen-bond donors (Lipinski definition) is 1. The first-order valence-corrected chi connectivity index (χ1v) is 4.20.